The van der Waals surface area contributed by atoms with E-state index in [9.17, 15) is 14.3 Å². The van der Waals surface area contributed by atoms with Crippen LogP contribution in [0.5, 0.6) is 0 Å². The monoisotopic (exact) mass is 260 g/mol. The lowest BCUT2D eigenvalue weighted by atomic mass is 9.93. The Morgan fingerprint density at radius 1 is 1.59 bits per heavy atom. The lowest BCUT2D eigenvalue weighted by Crippen LogP contribution is -2.23. The number of aliphatic hydroxyl groups excluding tert-OH is 1. The van der Waals surface area contributed by atoms with E-state index < -0.39 is 23.8 Å². The summed E-state index contributed by atoms with van der Waals surface area (Å²) in [4.78, 5) is 11.4. The zero-order valence-corrected chi connectivity index (χ0v) is 10.4. The van der Waals surface area contributed by atoms with Crippen molar-refractivity contribution in [2.24, 2.45) is 5.92 Å². The Morgan fingerprint density at radius 2 is 2.24 bits per heavy atom. The Balaban J connectivity index is 3.05. The minimum absolute atomic E-state index is 0.00903. The number of benzene rings is 1. The van der Waals surface area contributed by atoms with Gasteiger partial charge in [0, 0.05) is 10.6 Å². The molecule has 1 N–H and O–H groups in total. The van der Waals surface area contributed by atoms with Gasteiger partial charge in [0.05, 0.1) is 19.1 Å². The molecule has 0 radical (unpaired) electrons. The van der Waals surface area contributed by atoms with Gasteiger partial charge in [0.25, 0.3) is 0 Å². The summed E-state index contributed by atoms with van der Waals surface area (Å²) < 4.78 is 18.1. The lowest BCUT2D eigenvalue weighted by molar-refractivity contribution is -0.149. The predicted octanol–water partition coefficient (Wildman–Crippen LogP) is 2.71. The van der Waals surface area contributed by atoms with Crippen LogP contribution in [0.15, 0.2) is 18.2 Å². The van der Waals surface area contributed by atoms with Crippen molar-refractivity contribution in [3.63, 3.8) is 0 Å². The number of hydrogen-bond donors (Lipinski definition) is 1. The second-order valence-corrected chi connectivity index (χ2v) is 4.09. The highest BCUT2D eigenvalue weighted by atomic mass is 35.5. The van der Waals surface area contributed by atoms with Gasteiger partial charge in [-0.15, -0.1) is 0 Å². The van der Waals surface area contributed by atoms with E-state index >= 15 is 0 Å². The van der Waals surface area contributed by atoms with Crippen LogP contribution >= 0.6 is 11.6 Å². The molecule has 0 spiro atoms. The van der Waals surface area contributed by atoms with Gasteiger partial charge in [-0.05, 0) is 24.6 Å². The van der Waals surface area contributed by atoms with Crippen molar-refractivity contribution >= 4 is 17.6 Å². The lowest BCUT2D eigenvalue weighted by Gasteiger charge is -2.20. The number of rotatable bonds is 4. The molecular formula is C12H14ClFO3. The van der Waals surface area contributed by atoms with Crippen LogP contribution in [-0.4, -0.2) is 18.2 Å². The molecule has 0 amide bonds. The van der Waals surface area contributed by atoms with E-state index in [4.69, 9.17) is 11.6 Å². The molecule has 1 aromatic rings. The fraction of sp³-hybridized carbons (Fsp3) is 0.417. The van der Waals surface area contributed by atoms with Crippen molar-refractivity contribution in [2.45, 2.75) is 19.4 Å². The normalized spacial score (nSPS) is 14.2. The van der Waals surface area contributed by atoms with E-state index in [-0.39, 0.29) is 5.56 Å². The summed E-state index contributed by atoms with van der Waals surface area (Å²) in [6, 6.07) is 3.85. The van der Waals surface area contributed by atoms with E-state index in [0.717, 1.165) is 6.07 Å². The number of esters is 1. The summed E-state index contributed by atoms with van der Waals surface area (Å²) in [5.74, 6) is -1.96. The number of aliphatic hydroxyl groups is 1. The van der Waals surface area contributed by atoms with Gasteiger partial charge < -0.3 is 9.84 Å². The molecule has 1 rings (SSSR count). The van der Waals surface area contributed by atoms with Gasteiger partial charge in [-0.3, -0.25) is 4.79 Å². The second-order valence-electron chi connectivity index (χ2n) is 3.65. The number of carbonyl (C=O) groups is 1. The topological polar surface area (TPSA) is 46.5 Å². The maximum Gasteiger partial charge on any atom is 0.311 e. The fourth-order valence-corrected chi connectivity index (χ4v) is 1.81. The Bertz CT molecular complexity index is 409. The maximum absolute atomic E-state index is 13.5. The summed E-state index contributed by atoms with van der Waals surface area (Å²) in [6.07, 6.45) is -0.911. The summed E-state index contributed by atoms with van der Waals surface area (Å²) in [5, 5.41) is 10.3. The number of hydrogen-bond acceptors (Lipinski definition) is 3. The predicted molar refractivity (Wildman–Crippen MR) is 62.2 cm³/mol. The summed E-state index contributed by atoms with van der Waals surface area (Å²) >= 11 is 5.73. The number of halogens is 2. The quantitative estimate of drug-likeness (QED) is 0.847. The van der Waals surface area contributed by atoms with Crippen LogP contribution in [0.4, 0.5) is 4.39 Å². The molecule has 0 saturated heterocycles. The summed E-state index contributed by atoms with van der Waals surface area (Å²) in [7, 11) is 1.23. The minimum Gasteiger partial charge on any atom is -0.469 e. The molecule has 5 heteroatoms. The second kappa shape index (κ2) is 5.98. The smallest absolute Gasteiger partial charge is 0.311 e. The minimum atomic E-state index is -1.26. The zero-order chi connectivity index (χ0) is 13.0. The molecule has 2 atom stereocenters. The number of carbonyl (C=O) groups excluding carboxylic acids is 1. The molecular weight excluding hydrogens is 247 g/mol. The molecule has 94 valence electrons. The summed E-state index contributed by atoms with van der Waals surface area (Å²) in [6.45, 7) is 1.72. The zero-order valence-electron chi connectivity index (χ0n) is 9.61. The van der Waals surface area contributed by atoms with E-state index in [1.807, 2.05) is 0 Å². The van der Waals surface area contributed by atoms with Crippen molar-refractivity contribution in [1.29, 1.82) is 0 Å². The van der Waals surface area contributed by atoms with Gasteiger partial charge in [-0.1, -0.05) is 18.5 Å². The van der Waals surface area contributed by atoms with E-state index in [1.165, 1.54) is 19.2 Å². The third-order valence-electron chi connectivity index (χ3n) is 2.60. The third kappa shape index (κ3) is 3.17. The highest BCUT2D eigenvalue weighted by Crippen LogP contribution is 2.29. The van der Waals surface area contributed by atoms with Crippen molar-refractivity contribution in [2.75, 3.05) is 7.11 Å². The highest BCUT2D eigenvalue weighted by molar-refractivity contribution is 6.30. The van der Waals surface area contributed by atoms with Gasteiger partial charge in [0.15, 0.2) is 0 Å². The molecule has 0 heterocycles. The van der Waals surface area contributed by atoms with Crippen molar-refractivity contribution < 1.29 is 19.0 Å². The molecule has 0 fully saturated rings. The molecule has 0 aliphatic heterocycles. The number of ether oxygens (including phenoxy) is 1. The summed E-state index contributed by atoms with van der Waals surface area (Å²) in [5.41, 5.74) is 0.00903. The number of methoxy groups -OCH3 is 1. The van der Waals surface area contributed by atoms with Gasteiger partial charge in [-0.2, -0.15) is 0 Å². The molecule has 2 unspecified atom stereocenters. The van der Waals surface area contributed by atoms with Crippen LogP contribution in [0.1, 0.15) is 25.0 Å². The first-order valence-electron chi connectivity index (χ1n) is 5.22. The molecule has 0 saturated carbocycles. The van der Waals surface area contributed by atoms with Gasteiger partial charge in [0.1, 0.15) is 5.82 Å². The highest BCUT2D eigenvalue weighted by Gasteiger charge is 2.29. The fourth-order valence-electron chi connectivity index (χ4n) is 1.63. The first-order chi connectivity index (χ1) is 8.01. The van der Waals surface area contributed by atoms with Crippen LogP contribution in [-0.2, 0) is 9.53 Å². The van der Waals surface area contributed by atoms with Gasteiger partial charge in [-0.25, -0.2) is 4.39 Å². The Kier molecular flexibility index (Phi) is 4.90. The van der Waals surface area contributed by atoms with Crippen LogP contribution in [0, 0.1) is 11.7 Å². The molecule has 3 nitrogen and oxygen atoms in total. The van der Waals surface area contributed by atoms with E-state index in [1.54, 1.807) is 6.92 Å². The Hall–Kier alpha value is -1.13. The van der Waals surface area contributed by atoms with Gasteiger partial charge >= 0.3 is 5.97 Å². The van der Waals surface area contributed by atoms with Gasteiger partial charge in [0.2, 0.25) is 0 Å². The SMILES string of the molecule is CCC(C(=O)OC)C(O)c1cc(Cl)ccc1F. The maximum atomic E-state index is 13.5. The molecule has 0 bridgehead atoms. The first-order valence-corrected chi connectivity index (χ1v) is 5.59. The molecule has 1 aromatic carbocycles. The first kappa shape index (κ1) is 13.9. The molecule has 0 aromatic heterocycles. The van der Waals surface area contributed by atoms with Crippen molar-refractivity contribution in [3.05, 3.63) is 34.6 Å². The van der Waals surface area contributed by atoms with Crippen molar-refractivity contribution in [3.8, 4) is 0 Å². The third-order valence-corrected chi connectivity index (χ3v) is 2.84. The standard InChI is InChI=1S/C12H14ClFO3/c1-3-8(12(16)17-2)11(15)9-6-7(13)4-5-10(9)14/h4-6,8,11,15H,3H2,1-2H3. The van der Waals surface area contributed by atoms with Crippen molar-refractivity contribution in [1.82, 2.24) is 0 Å². The molecule has 17 heavy (non-hydrogen) atoms. The largest absolute Gasteiger partial charge is 0.469 e. The average Bonchev–Trinajstić information content (AvgIpc) is 2.32. The average molecular weight is 261 g/mol. The van der Waals surface area contributed by atoms with Crippen LogP contribution in [0.25, 0.3) is 0 Å². The molecule has 0 aliphatic rings. The van der Waals surface area contributed by atoms with E-state index in [0.29, 0.717) is 11.4 Å². The van der Waals surface area contributed by atoms with Crippen LogP contribution in [0.3, 0.4) is 0 Å². The molecule has 0 aliphatic carbocycles. The van der Waals surface area contributed by atoms with Crippen LogP contribution in [0.2, 0.25) is 5.02 Å². The Morgan fingerprint density at radius 3 is 2.76 bits per heavy atom. The Labute approximate surface area is 104 Å². The van der Waals surface area contributed by atoms with Crippen LogP contribution < -0.4 is 0 Å². The van der Waals surface area contributed by atoms with E-state index in [2.05, 4.69) is 4.74 Å².